The number of H-pyrrole nitrogens is 1. The van der Waals surface area contributed by atoms with E-state index in [0.29, 0.717) is 12.1 Å². The lowest BCUT2D eigenvalue weighted by Gasteiger charge is -2.25. The van der Waals surface area contributed by atoms with E-state index in [1.807, 2.05) is 4.90 Å². The molecule has 0 unspecified atom stereocenters. The SMILES string of the molecule is CO[C@@H]1C[C@@H](c2ncn[nH]2)N(CC(=O)N(C)Cc2ccccc2F)C1. The van der Waals surface area contributed by atoms with Crippen LogP contribution in [0.3, 0.4) is 0 Å². The van der Waals surface area contributed by atoms with Gasteiger partial charge in [0.2, 0.25) is 5.91 Å². The number of likely N-dealkylation sites (N-methyl/N-ethyl adjacent to an activating group) is 1. The smallest absolute Gasteiger partial charge is 0.236 e. The van der Waals surface area contributed by atoms with Crippen molar-refractivity contribution < 1.29 is 13.9 Å². The second kappa shape index (κ2) is 7.71. The van der Waals surface area contributed by atoms with Gasteiger partial charge in [-0.1, -0.05) is 18.2 Å². The number of benzene rings is 1. The molecule has 25 heavy (non-hydrogen) atoms. The molecule has 0 spiro atoms. The first-order chi connectivity index (χ1) is 12.1. The standard InChI is InChI=1S/C17H22FN5O2/c1-22(8-12-5-3-4-6-14(12)18)16(24)10-23-9-13(25-2)7-15(23)17-19-11-20-21-17/h3-6,11,13,15H,7-10H2,1-2H3,(H,19,20,21)/t13-,15+/m1/s1. The van der Waals surface area contributed by atoms with Crippen molar-refractivity contribution in [1.29, 1.82) is 0 Å². The van der Waals surface area contributed by atoms with E-state index in [1.165, 1.54) is 17.3 Å². The maximum absolute atomic E-state index is 13.8. The average Bonchev–Trinajstić information content (AvgIpc) is 3.26. The molecule has 2 atom stereocenters. The van der Waals surface area contributed by atoms with E-state index in [2.05, 4.69) is 15.2 Å². The summed E-state index contributed by atoms with van der Waals surface area (Å²) in [5, 5.41) is 6.76. The van der Waals surface area contributed by atoms with Crippen molar-refractivity contribution in [1.82, 2.24) is 25.0 Å². The number of aromatic nitrogens is 3. The van der Waals surface area contributed by atoms with E-state index in [1.54, 1.807) is 32.4 Å². The molecule has 8 heteroatoms. The van der Waals surface area contributed by atoms with Crippen molar-refractivity contribution in [2.45, 2.75) is 25.1 Å². The van der Waals surface area contributed by atoms with E-state index < -0.39 is 0 Å². The first kappa shape index (κ1) is 17.5. The van der Waals surface area contributed by atoms with Crippen LogP contribution in [0.1, 0.15) is 23.9 Å². The van der Waals surface area contributed by atoms with Gasteiger partial charge >= 0.3 is 0 Å². The largest absolute Gasteiger partial charge is 0.380 e. The Hall–Kier alpha value is -2.32. The zero-order chi connectivity index (χ0) is 17.8. The summed E-state index contributed by atoms with van der Waals surface area (Å²) >= 11 is 0. The van der Waals surface area contributed by atoms with Gasteiger partial charge in [0, 0.05) is 32.8 Å². The van der Waals surface area contributed by atoms with Crippen LogP contribution in [0, 0.1) is 5.82 Å². The van der Waals surface area contributed by atoms with Gasteiger partial charge < -0.3 is 9.64 Å². The van der Waals surface area contributed by atoms with Crippen LogP contribution < -0.4 is 0 Å². The number of hydrogen-bond acceptors (Lipinski definition) is 5. The molecule has 1 fully saturated rings. The van der Waals surface area contributed by atoms with Crippen LogP contribution in [0.5, 0.6) is 0 Å². The minimum absolute atomic E-state index is 0.0415. The van der Waals surface area contributed by atoms with Crippen molar-refractivity contribution in [2.24, 2.45) is 0 Å². The Labute approximate surface area is 145 Å². The van der Waals surface area contributed by atoms with Gasteiger partial charge in [-0.15, -0.1) is 0 Å². The molecule has 1 amide bonds. The van der Waals surface area contributed by atoms with Gasteiger partial charge in [-0.3, -0.25) is 14.8 Å². The Balaban J connectivity index is 1.65. The third kappa shape index (κ3) is 4.02. The van der Waals surface area contributed by atoms with E-state index in [-0.39, 0.29) is 37.0 Å². The van der Waals surface area contributed by atoms with Gasteiger partial charge in [0.1, 0.15) is 18.0 Å². The molecule has 0 saturated carbocycles. The van der Waals surface area contributed by atoms with E-state index in [4.69, 9.17) is 4.74 Å². The Morgan fingerprint density at radius 3 is 2.96 bits per heavy atom. The summed E-state index contributed by atoms with van der Waals surface area (Å²) in [6.45, 7) is 1.09. The molecule has 1 aromatic heterocycles. The summed E-state index contributed by atoms with van der Waals surface area (Å²) in [4.78, 5) is 20.4. The number of likely N-dealkylation sites (tertiary alicyclic amines) is 1. The first-order valence-electron chi connectivity index (χ1n) is 8.18. The predicted octanol–water partition coefficient (Wildman–Crippen LogP) is 1.36. The molecule has 7 nitrogen and oxygen atoms in total. The number of methoxy groups -OCH3 is 1. The van der Waals surface area contributed by atoms with Gasteiger partial charge in [-0.05, 0) is 12.5 Å². The molecular weight excluding hydrogens is 325 g/mol. The van der Waals surface area contributed by atoms with Crippen LogP contribution in [0.2, 0.25) is 0 Å². The lowest BCUT2D eigenvalue weighted by Crippen LogP contribution is -2.38. The minimum Gasteiger partial charge on any atom is -0.380 e. The normalized spacial score (nSPS) is 20.8. The number of ether oxygens (including phenoxy) is 1. The van der Waals surface area contributed by atoms with Crippen LogP contribution in [0.15, 0.2) is 30.6 Å². The number of carbonyl (C=O) groups is 1. The summed E-state index contributed by atoms with van der Waals surface area (Å²) in [6.07, 6.45) is 2.25. The highest BCUT2D eigenvalue weighted by Gasteiger charge is 2.36. The number of hydrogen-bond donors (Lipinski definition) is 1. The highest BCUT2D eigenvalue weighted by molar-refractivity contribution is 5.78. The van der Waals surface area contributed by atoms with Gasteiger partial charge in [-0.25, -0.2) is 9.37 Å². The number of amides is 1. The lowest BCUT2D eigenvalue weighted by atomic mass is 10.2. The molecule has 0 bridgehead atoms. The number of nitrogens with zero attached hydrogens (tertiary/aromatic N) is 4. The molecule has 1 aliphatic rings. The highest BCUT2D eigenvalue weighted by Crippen LogP contribution is 2.30. The van der Waals surface area contributed by atoms with Crippen LogP contribution in [-0.2, 0) is 16.1 Å². The highest BCUT2D eigenvalue weighted by atomic mass is 19.1. The van der Waals surface area contributed by atoms with Gasteiger partial charge in [-0.2, -0.15) is 5.10 Å². The molecular formula is C17H22FN5O2. The topological polar surface area (TPSA) is 74.4 Å². The summed E-state index contributed by atoms with van der Waals surface area (Å²) in [6, 6.07) is 6.45. The minimum atomic E-state index is -0.303. The third-order valence-corrected chi connectivity index (χ3v) is 4.58. The molecule has 1 saturated heterocycles. The fourth-order valence-electron chi connectivity index (χ4n) is 3.13. The number of nitrogens with one attached hydrogen (secondary N) is 1. The van der Waals surface area contributed by atoms with E-state index in [0.717, 1.165) is 12.2 Å². The molecule has 1 aromatic carbocycles. The molecule has 2 heterocycles. The molecule has 2 aromatic rings. The fraction of sp³-hybridized carbons (Fsp3) is 0.471. The molecule has 1 N–H and O–H groups in total. The van der Waals surface area contributed by atoms with E-state index >= 15 is 0 Å². The zero-order valence-electron chi connectivity index (χ0n) is 14.4. The van der Waals surface area contributed by atoms with Crippen molar-refractivity contribution in [3.05, 3.63) is 47.8 Å². The lowest BCUT2D eigenvalue weighted by molar-refractivity contribution is -0.132. The van der Waals surface area contributed by atoms with Crippen LogP contribution in [0.25, 0.3) is 0 Å². The maximum Gasteiger partial charge on any atom is 0.236 e. The second-order valence-corrected chi connectivity index (χ2v) is 6.25. The molecule has 1 aliphatic heterocycles. The number of halogens is 1. The van der Waals surface area contributed by atoms with Crippen molar-refractivity contribution in [3.8, 4) is 0 Å². The van der Waals surface area contributed by atoms with Crippen LogP contribution in [-0.4, -0.2) is 64.2 Å². The Morgan fingerprint density at radius 2 is 2.28 bits per heavy atom. The first-order valence-corrected chi connectivity index (χ1v) is 8.18. The molecule has 3 rings (SSSR count). The fourth-order valence-corrected chi connectivity index (χ4v) is 3.13. The maximum atomic E-state index is 13.8. The monoisotopic (exact) mass is 347 g/mol. The van der Waals surface area contributed by atoms with Crippen molar-refractivity contribution in [3.63, 3.8) is 0 Å². The molecule has 0 aliphatic carbocycles. The van der Waals surface area contributed by atoms with Crippen molar-refractivity contribution >= 4 is 5.91 Å². The van der Waals surface area contributed by atoms with Gasteiger partial charge in [0.05, 0.1) is 18.7 Å². The summed E-state index contributed by atoms with van der Waals surface area (Å²) in [5.41, 5.74) is 0.501. The van der Waals surface area contributed by atoms with Crippen LogP contribution >= 0.6 is 0 Å². The van der Waals surface area contributed by atoms with Crippen LogP contribution in [0.4, 0.5) is 4.39 Å². The number of carbonyl (C=O) groups excluding carboxylic acids is 1. The van der Waals surface area contributed by atoms with Gasteiger partial charge in [0.15, 0.2) is 0 Å². The summed E-state index contributed by atoms with van der Waals surface area (Å²) in [5.74, 6) is 0.343. The second-order valence-electron chi connectivity index (χ2n) is 6.25. The summed E-state index contributed by atoms with van der Waals surface area (Å²) in [7, 11) is 3.35. The third-order valence-electron chi connectivity index (χ3n) is 4.58. The summed E-state index contributed by atoms with van der Waals surface area (Å²) < 4.78 is 19.2. The Kier molecular flexibility index (Phi) is 5.40. The van der Waals surface area contributed by atoms with E-state index in [9.17, 15) is 9.18 Å². The number of aromatic amines is 1. The predicted molar refractivity (Wildman–Crippen MR) is 89.0 cm³/mol. The van der Waals surface area contributed by atoms with Gasteiger partial charge in [0.25, 0.3) is 0 Å². The quantitative estimate of drug-likeness (QED) is 0.854. The molecule has 134 valence electrons. The Morgan fingerprint density at radius 1 is 1.48 bits per heavy atom. The Bertz CT molecular complexity index is 709. The van der Waals surface area contributed by atoms with Crippen molar-refractivity contribution in [2.75, 3.05) is 27.2 Å². The number of rotatable bonds is 6. The molecule has 0 radical (unpaired) electrons. The average molecular weight is 347 g/mol. The zero-order valence-corrected chi connectivity index (χ0v) is 14.4.